The van der Waals surface area contributed by atoms with Gasteiger partial charge in [0.2, 0.25) is 5.91 Å². The SMILES string of the molecule is CCC(=O)Nc1ccccc1-c1cn2cccc(C)c2n1. The second kappa shape index (κ2) is 5.40. The van der Waals surface area contributed by atoms with Gasteiger partial charge in [0.15, 0.2) is 0 Å². The number of carbonyl (C=O) groups excluding carboxylic acids is 1. The van der Waals surface area contributed by atoms with Crippen LogP contribution in [0.2, 0.25) is 0 Å². The number of nitrogens with one attached hydrogen (secondary N) is 1. The maximum atomic E-state index is 11.7. The molecule has 21 heavy (non-hydrogen) atoms. The van der Waals surface area contributed by atoms with Gasteiger partial charge in [-0.15, -0.1) is 0 Å². The Labute approximate surface area is 123 Å². The van der Waals surface area contributed by atoms with Crippen molar-refractivity contribution in [2.75, 3.05) is 5.32 Å². The monoisotopic (exact) mass is 279 g/mol. The van der Waals surface area contributed by atoms with Gasteiger partial charge in [-0.1, -0.05) is 31.2 Å². The summed E-state index contributed by atoms with van der Waals surface area (Å²) in [4.78, 5) is 16.3. The molecule has 1 amide bonds. The number of fused-ring (bicyclic) bond motifs is 1. The standard InChI is InChI=1S/C17H17N3O/c1-3-16(21)18-14-9-5-4-8-13(14)15-11-20-10-6-7-12(2)17(20)19-15/h4-11H,3H2,1-2H3,(H,18,21). The Hall–Kier alpha value is -2.62. The second-order valence-corrected chi connectivity index (χ2v) is 5.00. The highest BCUT2D eigenvalue weighted by atomic mass is 16.1. The lowest BCUT2D eigenvalue weighted by Crippen LogP contribution is -2.10. The fraction of sp³-hybridized carbons (Fsp3) is 0.176. The van der Waals surface area contributed by atoms with E-state index in [1.165, 1.54) is 0 Å². The van der Waals surface area contributed by atoms with Crippen LogP contribution in [0, 0.1) is 6.92 Å². The maximum absolute atomic E-state index is 11.7. The minimum Gasteiger partial charge on any atom is -0.325 e. The molecule has 0 aliphatic rings. The summed E-state index contributed by atoms with van der Waals surface area (Å²) in [5, 5.41) is 2.93. The number of rotatable bonds is 3. The number of aromatic nitrogens is 2. The van der Waals surface area contributed by atoms with Crippen LogP contribution in [-0.4, -0.2) is 15.3 Å². The first-order valence-corrected chi connectivity index (χ1v) is 7.02. The van der Waals surface area contributed by atoms with E-state index in [4.69, 9.17) is 0 Å². The molecule has 0 spiro atoms. The van der Waals surface area contributed by atoms with Crippen LogP contribution < -0.4 is 5.32 Å². The van der Waals surface area contributed by atoms with E-state index in [-0.39, 0.29) is 5.91 Å². The molecule has 3 rings (SSSR count). The summed E-state index contributed by atoms with van der Waals surface area (Å²) in [5.74, 6) is 0.00222. The van der Waals surface area contributed by atoms with E-state index in [0.717, 1.165) is 28.2 Å². The maximum Gasteiger partial charge on any atom is 0.224 e. The summed E-state index contributed by atoms with van der Waals surface area (Å²) in [7, 11) is 0. The Balaban J connectivity index is 2.10. The predicted octanol–water partition coefficient (Wildman–Crippen LogP) is 3.66. The van der Waals surface area contributed by atoms with Crippen LogP contribution in [0.1, 0.15) is 18.9 Å². The van der Waals surface area contributed by atoms with Gasteiger partial charge in [0.1, 0.15) is 5.65 Å². The Morgan fingerprint density at radius 2 is 2.05 bits per heavy atom. The minimum absolute atomic E-state index is 0.00222. The molecule has 4 heteroatoms. The van der Waals surface area contributed by atoms with Gasteiger partial charge in [0, 0.05) is 24.4 Å². The van der Waals surface area contributed by atoms with Crippen molar-refractivity contribution < 1.29 is 4.79 Å². The average molecular weight is 279 g/mol. The van der Waals surface area contributed by atoms with Crippen LogP contribution in [0.5, 0.6) is 0 Å². The van der Waals surface area contributed by atoms with Crippen molar-refractivity contribution in [3.63, 3.8) is 0 Å². The van der Waals surface area contributed by atoms with Gasteiger partial charge in [-0.3, -0.25) is 4.79 Å². The summed E-state index contributed by atoms with van der Waals surface area (Å²) < 4.78 is 2.00. The molecule has 0 aliphatic heterocycles. The van der Waals surface area contributed by atoms with Crippen molar-refractivity contribution in [2.24, 2.45) is 0 Å². The first-order valence-electron chi connectivity index (χ1n) is 7.02. The van der Waals surface area contributed by atoms with Crippen molar-refractivity contribution in [3.8, 4) is 11.3 Å². The van der Waals surface area contributed by atoms with E-state index in [2.05, 4.69) is 10.3 Å². The van der Waals surface area contributed by atoms with Gasteiger partial charge in [-0.05, 0) is 24.6 Å². The second-order valence-electron chi connectivity index (χ2n) is 5.00. The van der Waals surface area contributed by atoms with Crippen molar-refractivity contribution in [1.82, 2.24) is 9.38 Å². The summed E-state index contributed by atoms with van der Waals surface area (Å²) in [6, 6.07) is 11.8. The van der Waals surface area contributed by atoms with E-state index >= 15 is 0 Å². The van der Waals surface area contributed by atoms with Crippen LogP contribution >= 0.6 is 0 Å². The molecule has 0 atom stereocenters. The van der Waals surface area contributed by atoms with E-state index in [9.17, 15) is 4.79 Å². The predicted molar refractivity (Wildman–Crippen MR) is 84.3 cm³/mol. The van der Waals surface area contributed by atoms with Crippen LogP contribution in [-0.2, 0) is 4.79 Å². The molecule has 0 bridgehead atoms. The zero-order valence-electron chi connectivity index (χ0n) is 12.1. The number of nitrogens with zero attached hydrogens (tertiary/aromatic N) is 2. The molecule has 106 valence electrons. The van der Waals surface area contributed by atoms with Gasteiger partial charge in [-0.25, -0.2) is 4.98 Å². The van der Waals surface area contributed by atoms with Crippen molar-refractivity contribution in [1.29, 1.82) is 0 Å². The van der Waals surface area contributed by atoms with E-state index in [1.807, 2.05) is 67.0 Å². The fourth-order valence-electron chi connectivity index (χ4n) is 2.34. The normalized spacial score (nSPS) is 10.8. The van der Waals surface area contributed by atoms with Crippen LogP contribution in [0.25, 0.3) is 16.9 Å². The fourth-order valence-corrected chi connectivity index (χ4v) is 2.34. The van der Waals surface area contributed by atoms with E-state index in [1.54, 1.807) is 0 Å². The number of aryl methyl sites for hydroxylation is 1. The third-order valence-electron chi connectivity index (χ3n) is 3.48. The first-order chi connectivity index (χ1) is 10.2. The lowest BCUT2D eigenvalue weighted by atomic mass is 10.1. The first kappa shape index (κ1) is 13.4. The third kappa shape index (κ3) is 2.52. The van der Waals surface area contributed by atoms with Gasteiger partial charge >= 0.3 is 0 Å². The smallest absolute Gasteiger partial charge is 0.224 e. The largest absolute Gasteiger partial charge is 0.325 e. The highest BCUT2D eigenvalue weighted by Crippen LogP contribution is 2.28. The molecule has 0 aliphatic carbocycles. The zero-order valence-corrected chi connectivity index (χ0v) is 12.1. The summed E-state index contributed by atoms with van der Waals surface area (Å²) in [6.45, 7) is 3.88. The number of hydrogen-bond donors (Lipinski definition) is 1. The summed E-state index contributed by atoms with van der Waals surface area (Å²) >= 11 is 0. The van der Waals surface area contributed by atoms with Gasteiger partial charge < -0.3 is 9.72 Å². The van der Waals surface area contributed by atoms with Crippen molar-refractivity contribution in [3.05, 3.63) is 54.4 Å². The molecule has 1 aromatic carbocycles. The van der Waals surface area contributed by atoms with Crippen LogP contribution in [0.3, 0.4) is 0 Å². The van der Waals surface area contributed by atoms with Gasteiger partial charge in [0.05, 0.1) is 11.4 Å². The number of hydrogen-bond acceptors (Lipinski definition) is 2. The average Bonchev–Trinajstić information content (AvgIpc) is 2.93. The summed E-state index contributed by atoms with van der Waals surface area (Å²) in [5.41, 5.74) is 4.65. The quantitative estimate of drug-likeness (QED) is 0.795. The van der Waals surface area contributed by atoms with E-state index < -0.39 is 0 Å². The number of anilines is 1. The number of amides is 1. The van der Waals surface area contributed by atoms with E-state index in [0.29, 0.717) is 6.42 Å². The Morgan fingerprint density at radius 1 is 1.24 bits per heavy atom. The van der Waals surface area contributed by atoms with Crippen molar-refractivity contribution in [2.45, 2.75) is 20.3 Å². The molecule has 0 unspecified atom stereocenters. The Kier molecular flexibility index (Phi) is 3.44. The number of carbonyl (C=O) groups is 1. The molecule has 2 aromatic heterocycles. The molecule has 0 radical (unpaired) electrons. The minimum atomic E-state index is 0.00222. The van der Waals surface area contributed by atoms with Crippen LogP contribution in [0.15, 0.2) is 48.8 Å². The van der Waals surface area contributed by atoms with Gasteiger partial charge in [0.25, 0.3) is 0 Å². The Morgan fingerprint density at radius 3 is 2.81 bits per heavy atom. The zero-order chi connectivity index (χ0) is 14.8. The molecule has 4 nitrogen and oxygen atoms in total. The highest BCUT2D eigenvalue weighted by molar-refractivity contribution is 5.95. The van der Waals surface area contributed by atoms with Gasteiger partial charge in [-0.2, -0.15) is 0 Å². The summed E-state index contributed by atoms with van der Waals surface area (Å²) in [6.07, 6.45) is 4.42. The van der Waals surface area contributed by atoms with Crippen LogP contribution in [0.4, 0.5) is 5.69 Å². The lowest BCUT2D eigenvalue weighted by molar-refractivity contribution is -0.115. The Bertz CT molecular complexity index is 805. The topological polar surface area (TPSA) is 46.4 Å². The third-order valence-corrected chi connectivity index (χ3v) is 3.48. The molecule has 1 N–H and O–H groups in total. The highest BCUT2D eigenvalue weighted by Gasteiger charge is 2.11. The molecule has 0 saturated carbocycles. The van der Waals surface area contributed by atoms with Crippen molar-refractivity contribution >= 4 is 17.2 Å². The molecular weight excluding hydrogens is 262 g/mol. The molecule has 0 fully saturated rings. The number of para-hydroxylation sites is 1. The molecule has 0 saturated heterocycles. The lowest BCUT2D eigenvalue weighted by Gasteiger charge is -2.08. The number of imidazole rings is 1. The number of benzene rings is 1. The number of pyridine rings is 1. The molecule has 3 aromatic rings. The molecule has 2 heterocycles. The molecular formula is C17H17N3O.